The summed E-state index contributed by atoms with van der Waals surface area (Å²) < 4.78 is 47.6. The lowest BCUT2D eigenvalue weighted by Gasteiger charge is -2.37. The van der Waals surface area contributed by atoms with E-state index in [4.69, 9.17) is 8.37 Å². The highest BCUT2D eigenvalue weighted by Gasteiger charge is 2.48. The monoisotopic (exact) mass is 303 g/mol. The number of nitrogens with zero attached hydrogens (tertiary/aromatic N) is 1. The summed E-state index contributed by atoms with van der Waals surface area (Å²) in [6.07, 6.45) is -3.84. The van der Waals surface area contributed by atoms with E-state index >= 15 is 0 Å². The Labute approximate surface area is 118 Å². The molecule has 4 atom stereocenters. The van der Waals surface area contributed by atoms with Gasteiger partial charge in [0.1, 0.15) is 12.2 Å². The highest BCUT2D eigenvalue weighted by atomic mass is 32.2. The Morgan fingerprint density at radius 3 is 2.70 bits per heavy atom. The minimum atomic E-state index is -2.51. The van der Waals surface area contributed by atoms with E-state index in [0.717, 1.165) is 5.56 Å². The Hall–Kier alpha value is -0.890. The maximum absolute atomic E-state index is 13.1. The van der Waals surface area contributed by atoms with Crippen LogP contribution in [0.4, 0.5) is 8.78 Å². The van der Waals surface area contributed by atoms with Crippen LogP contribution in [0.2, 0.25) is 0 Å². The van der Waals surface area contributed by atoms with E-state index in [1.165, 1.54) is 0 Å². The van der Waals surface area contributed by atoms with E-state index < -0.39 is 35.9 Å². The Bertz CT molecular complexity index is 488. The first-order valence-corrected chi connectivity index (χ1v) is 7.44. The van der Waals surface area contributed by atoms with Crippen LogP contribution in [0.15, 0.2) is 30.3 Å². The number of benzene rings is 1. The maximum Gasteiger partial charge on any atom is 0.305 e. The molecule has 2 saturated heterocycles. The molecule has 2 fully saturated rings. The molecule has 2 aliphatic rings. The van der Waals surface area contributed by atoms with Crippen LogP contribution in [0.1, 0.15) is 5.56 Å². The number of halogens is 2. The maximum atomic E-state index is 13.1. The van der Waals surface area contributed by atoms with Crippen molar-refractivity contribution >= 4 is 11.4 Å². The number of fused-ring (bicyclic) bond motifs is 1. The summed E-state index contributed by atoms with van der Waals surface area (Å²) in [5.74, 6) is -0.969. The molecule has 0 aromatic heterocycles. The first-order valence-electron chi connectivity index (χ1n) is 6.44. The van der Waals surface area contributed by atoms with E-state index in [0.29, 0.717) is 13.1 Å². The lowest BCUT2D eigenvalue weighted by molar-refractivity contribution is -0.0637. The molecule has 3 rings (SSSR count). The van der Waals surface area contributed by atoms with Gasteiger partial charge in [-0.2, -0.15) is 4.21 Å². The molecule has 0 aliphatic carbocycles. The first kappa shape index (κ1) is 14.1. The van der Waals surface area contributed by atoms with Crippen molar-refractivity contribution in [1.29, 1.82) is 0 Å². The van der Waals surface area contributed by atoms with Crippen molar-refractivity contribution in [3.05, 3.63) is 35.9 Å². The summed E-state index contributed by atoms with van der Waals surface area (Å²) in [5, 5.41) is 0. The summed E-state index contributed by atoms with van der Waals surface area (Å²) in [6, 6.07) is 9.64. The first-order chi connectivity index (χ1) is 9.63. The summed E-state index contributed by atoms with van der Waals surface area (Å²) in [5.41, 5.74) is 1.05. The summed E-state index contributed by atoms with van der Waals surface area (Å²) in [4.78, 5) is 1.90. The van der Waals surface area contributed by atoms with Crippen LogP contribution >= 0.6 is 0 Å². The van der Waals surface area contributed by atoms with E-state index in [1.807, 2.05) is 35.2 Å². The molecule has 1 aromatic rings. The number of hydrogen-bond donors (Lipinski definition) is 0. The quantitative estimate of drug-likeness (QED) is 0.853. The molecular formula is C13H15F2NO3S. The van der Waals surface area contributed by atoms with Crippen molar-refractivity contribution in [1.82, 2.24) is 4.90 Å². The second-order valence-electron chi connectivity index (χ2n) is 5.08. The number of rotatable bonds is 3. The van der Waals surface area contributed by atoms with E-state index in [9.17, 15) is 13.0 Å². The van der Waals surface area contributed by atoms with Gasteiger partial charge in [0.2, 0.25) is 6.43 Å². The van der Waals surface area contributed by atoms with Gasteiger partial charge in [-0.3, -0.25) is 13.3 Å². The number of likely N-dealkylation sites (tertiary alicyclic amines) is 1. The van der Waals surface area contributed by atoms with Crippen LogP contribution in [0, 0.1) is 5.92 Å². The van der Waals surface area contributed by atoms with Gasteiger partial charge in [0.05, 0.1) is 5.92 Å². The molecule has 4 nitrogen and oxygen atoms in total. The highest BCUT2D eigenvalue weighted by molar-refractivity contribution is 7.75. The second kappa shape index (κ2) is 5.85. The van der Waals surface area contributed by atoms with E-state index in [2.05, 4.69) is 0 Å². The predicted molar refractivity (Wildman–Crippen MR) is 69.1 cm³/mol. The Morgan fingerprint density at radius 1 is 1.25 bits per heavy atom. The third-order valence-corrected chi connectivity index (χ3v) is 4.44. The summed E-state index contributed by atoms with van der Waals surface area (Å²) in [7, 11) is 0. The lowest BCUT2D eigenvalue weighted by Crippen LogP contribution is -2.52. The zero-order chi connectivity index (χ0) is 14.1. The minimum absolute atomic E-state index is 0.217. The topological polar surface area (TPSA) is 38.8 Å². The van der Waals surface area contributed by atoms with Gasteiger partial charge in [-0.1, -0.05) is 30.3 Å². The number of hydrogen-bond acceptors (Lipinski definition) is 4. The average molecular weight is 303 g/mol. The van der Waals surface area contributed by atoms with Crippen molar-refractivity contribution in [2.75, 3.05) is 13.1 Å². The minimum Gasteiger partial charge on any atom is -0.296 e. The Morgan fingerprint density at radius 2 is 2.00 bits per heavy atom. The van der Waals surface area contributed by atoms with Crippen molar-refractivity contribution in [2.24, 2.45) is 5.92 Å². The van der Waals surface area contributed by atoms with Crippen molar-refractivity contribution in [2.45, 2.75) is 25.2 Å². The third-order valence-electron chi connectivity index (χ3n) is 3.66. The normalized spacial score (nSPS) is 34.4. The molecular weight excluding hydrogens is 288 g/mol. The fourth-order valence-electron chi connectivity index (χ4n) is 2.74. The molecule has 0 N–H and O–H groups in total. The largest absolute Gasteiger partial charge is 0.305 e. The van der Waals surface area contributed by atoms with Crippen molar-refractivity contribution < 1.29 is 21.4 Å². The molecule has 2 aliphatic heterocycles. The van der Waals surface area contributed by atoms with Gasteiger partial charge in [-0.25, -0.2) is 8.78 Å². The fourth-order valence-corrected chi connectivity index (χ4v) is 3.60. The standard InChI is InChI=1S/C13H15F2NO3S/c14-13(15)10-7-16(6-9-4-2-1-3-5-9)8-11-12(10)19-20(17)18-11/h1-5,10-13H,6-8H2. The number of alkyl halides is 2. The lowest BCUT2D eigenvalue weighted by atomic mass is 9.92. The van der Waals surface area contributed by atoms with Crippen LogP contribution in [-0.2, 0) is 26.3 Å². The zero-order valence-corrected chi connectivity index (χ0v) is 11.5. The molecule has 0 amide bonds. The van der Waals surface area contributed by atoms with Crippen molar-refractivity contribution in [3.63, 3.8) is 0 Å². The van der Waals surface area contributed by atoms with Gasteiger partial charge in [0, 0.05) is 19.6 Å². The molecule has 0 spiro atoms. The molecule has 0 saturated carbocycles. The van der Waals surface area contributed by atoms with E-state index in [-0.39, 0.29) is 6.54 Å². The molecule has 2 heterocycles. The fraction of sp³-hybridized carbons (Fsp3) is 0.538. The second-order valence-corrected chi connectivity index (χ2v) is 5.87. The van der Waals surface area contributed by atoms with E-state index in [1.54, 1.807) is 0 Å². The van der Waals surface area contributed by atoms with Gasteiger partial charge in [-0.05, 0) is 5.56 Å². The van der Waals surface area contributed by atoms with Crippen LogP contribution in [0.5, 0.6) is 0 Å². The zero-order valence-electron chi connectivity index (χ0n) is 10.7. The van der Waals surface area contributed by atoms with Crippen molar-refractivity contribution in [3.8, 4) is 0 Å². The van der Waals surface area contributed by atoms with Crippen LogP contribution < -0.4 is 0 Å². The van der Waals surface area contributed by atoms with Gasteiger partial charge in [0.15, 0.2) is 0 Å². The van der Waals surface area contributed by atoms with Gasteiger partial charge in [0.25, 0.3) is 0 Å². The number of piperidine rings is 1. The molecule has 7 heteroatoms. The van der Waals surface area contributed by atoms with Crippen LogP contribution in [-0.4, -0.2) is 40.8 Å². The van der Waals surface area contributed by atoms with Gasteiger partial charge in [-0.15, -0.1) is 0 Å². The Balaban J connectivity index is 1.73. The summed E-state index contributed by atoms with van der Waals surface area (Å²) >= 11 is -1.90. The third kappa shape index (κ3) is 2.90. The van der Waals surface area contributed by atoms with Crippen LogP contribution in [0.25, 0.3) is 0 Å². The molecule has 110 valence electrons. The Kier molecular flexibility index (Phi) is 4.11. The van der Waals surface area contributed by atoms with Crippen LogP contribution in [0.3, 0.4) is 0 Å². The molecule has 20 heavy (non-hydrogen) atoms. The average Bonchev–Trinajstić information content (AvgIpc) is 2.79. The molecule has 1 aromatic carbocycles. The molecule has 0 radical (unpaired) electrons. The highest BCUT2D eigenvalue weighted by Crippen LogP contribution is 2.33. The molecule has 4 unspecified atom stereocenters. The molecule has 0 bridgehead atoms. The summed E-state index contributed by atoms with van der Waals surface area (Å²) in [6.45, 7) is 1.24. The SMILES string of the molecule is O=S1OC2CN(Cc3ccccc3)CC(C(F)F)C2O1. The van der Waals surface area contributed by atoms with Gasteiger partial charge < -0.3 is 0 Å². The smallest absolute Gasteiger partial charge is 0.296 e. The predicted octanol–water partition coefficient (Wildman–Crippen LogP) is 1.75. The van der Waals surface area contributed by atoms with Gasteiger partial charge >= 0.3 is 11.4 Å².